The van der Waals surface area contributed by atoms with E-state index in [2.05, 4.69) is 67.0 Å². The van der Waals surface area contributed by atoms with Gasteiger partial charge < -0.3 is 9.84 Å². The number of hydrogen-bond acceptors (Lipinski definition) is 2. The Morgan fingerprint density at radius 3 is 2.12 bits per heavy atom. The van der Waals surface area contributed by atoms with Gasteiger partial charge in [-0.05, 0) is 42.0 Å². The van der Waals surface area contributed by atoms with Gasteiger partial charge in [-0.15, -0.1) is 0 Å². The molecule has 0 aliphatic heterocycles. The Labute approximate surface area is 158 Å². The largest absolute Gasteiger partial charge is 0.478 e. The van der Waals surface area contributed by atoms with Crippen molar-refractivity contribution >= 4 is 21.9 Å². The van der Waals surface area contributed by atoms with Gasteiger partial charge in [0.15, 0.2) is 5.60 Å². The van der Waals surface area contributed by atoms with Crippen LogP contribution in [0.25, 0.3) is 11.1 Å². The lowest BCUT2D eigenvalue weighted by molar-refractivity contribution is -0.152. The average molecular weight is 405 g/mol. The second-order valence-electron chi connectivity index (χ2n) is 7.68. The SMILES string of the molecule is CC(C)(Oc1cccc(-c2ccc(CBr)cc2)c1C(C)(C)C)C(=O)O. The summed E-state index contributed by atoms with van der Waals surface area (Å²) in [4.78, 5) is 11.5. The van der Waals surface area contributed by atoms with E-state index in [0.29, 0.717) is 5.75 Å². The molecular weight excluding hydrogens is 380 g/mol. The van der Waals surface area contributed by atoms with E-state index in [1.54, 1.807) is 13.8 Å². The maximum Gasteiger partial charge on any atom is 0.347 e. The van der Waals surface area contributed by atoms with Gasteiger partial charge in [0.25, 0.3) is 0 Å². The molecule has 4 heteroatoms. The van der Waals surface area contributed by atoms with Gasteiger partial charge in [-0.2, -0.15) is 0 Å². The molecule has 0 atom stereocenters. The second kappa shape index (κ2) is 7.20. The minimum Gasteiger partial charge on any atom is -0.478 e. The fraction of sp³-hybridized carbons (Fsp3) is 0.381. The summed E-state index contributed by atoms with van der Waals surface area (Å²) in [6.07, 6.45) is 0. The van der Waals surface area contributed by atoms with Crippen molar-refractivity contribution in [1.29, 1.82) is 0 Å². The normalized spacial score (nSPS) is 12.1. The first kappa shape index (κ1) is 19.5. The van der Waals surface area contributed by atoms with Crippen LogP contribution in [0.5, 0.6) is 5.75 Å². The van der Waals surface area contributed by atoms with Crippen LogP contribution in [0.15, 0.2) is 42.5 Å². The summed E-state index contributed by atoms with van der Waals surface area (Å²) < 4.78 is 5.92. The highest BCUT2D eigenvalue weighted by Crippen LogP contribution is 2.40. The molecule has 2 aromatic carbocycles. The molecule has 0 aromatic heterocycles. The van der Waals surface area contributed by atoms with Crippen LogP contribution in [0.1, 0.15) is 45.7 Å². The standard InChI is InChI=1S/C21H25BrO3/c1-20(2,3)18-16(15-11-9-14(13-22)10-12-15)7-6-8-17(18)25-21(4,5)19(23)24/h6-12H,13H2,1-5H3,(H,23,24). The number of alkyl halides is 1. The van der Waals surface area contributed by atoms with E-state index in [1.807, 2.05) is 12.1 Å². The molecule has 0 saturated carbocycles. The summed E-state index contributed by atoms with van der Waals surface area (Å²) in [6.45, 7) is 9.47. The van der Waals surface area contributed by atoms with Crippen LogP contribution in [-0.4, -0.2) is 16.7 Å². The van der Waals surface area contributed by atoms with Crippen LogP contribution in [0.3, 0.4) is 0 Å². The summed E-state index contributed by atoms with van der Waals surface area (Å²) in [6, 6.07) is 14.2. The van der Waals surface area contributed by atoms with Gasteiger partial charge in [0, 0.05) is 10.9 Å². The highest BCUT2D eigenvalue weighted by atomic mass is 79.9. The predicted octanol–water partition coefficient (Wildman–Crippen LogP) is 5.79. The molecule has 0 bridgehead atoms. The molecule has 0 unspecified atom stereocenters. The highest BCUT2D eigenvalue weighted by molar-refractivity contribution is 9.08. The molecule has 0 radical (unpaired) electrons. The van der Waals surface area contributed by atoms with Crippen molar-refractivity contribution in [3.05, 3.63) is 53.6 Å². The molecule has 0 saturated heterocycles. The van der Waals surface area contributed by atoms with Gasteiger partial charge in [-0.25, -0.2) is 4.79 Å². The lowest BCUT2D eigenvalue weighted by atomic mass is 9.81. The third-order valence-electron chi connectivity index (χ3n) is 4.08. The van der Waals surface area contributed by atoms with Crippen LogP contribution >= 0.6 is 15.9 Å². The molecular formula is C21H25BrO3. The highest BCUT2D eigenvalue weighted by Gasteiger charge is 2.32. The molecule has 0 aliphatic carbocycles. The Morgan fingerprint density at radius 1 is 1.04 bits per heavy atom. The Balaban J connectivity index is 2.61. The maximum atomic E-state index is 11.5. The summed E-state index contributed by atoms with van der Waals surface area (Å²) in [7, 11) is 0. The lowest BCUT2D eigenvalue weighted by Gasteiger charge is -2.30. The molecule has 0 spiro atoms. The van der Waals surface area contributed by atoms with Crippen molar-refractivity contribution in [1.82, 2.24) is 0 Å². The van der Waals surface area contributed by atoms with E-state index in [-0.39, 0.29) is 5.41 Å². The van der Waals surface area contributed by atoms with Crippen molar-refractivity contribution in [2.75, 3.05) is 0 Å². The molecule has 25 heavy (non-hydrogen) atoms. The van der Waals surface area contributed by atoms with Crippen LogP contribution in [0.2, 0.25) is 0 Å². The van der Waals surface area contributed by atoms with Crippen molar-refractivity contribution in [2.45, 2.75) is 51.0 Å². The van der Waals surface area contributed by atoms with Crippen LogP contribution < -0.4 is 4.74 Å². The van der Waals surface area contributed by atoms with Crippen LogP contribution in [0.4, 0.5) is 0 Å². The number of halogens is 1. The van der Waals surface area contributed by atoms with Crippen molar-refractivity contribution < 1.29 is 14.6 Å². The lowest BCUT2D eigenvalue weighted by Crippen LogP contribution is -2.38. The Hall–Kier alpha value is -1.81. The number of carbonyl (C=O) groups is 1. The second-order valence-corrected chi connectivity index (χ2v) is 8.24. The van der Waals surface area contributed by atoms with E-state index in [9.17, 15) is 9.90 Å². The molecule has 1 N–H and O–H groups in total. The minimum atomic E-state index is -1.29. The van der Waals surface area contributed by atoms with Gasteiger partial charge in [-0.1, -0.05) is 73.1 Å². The van der Waals surface area contributed by atoms with E-state index in [0.717, 1.165) is 22.0 Å². The van der Waals surface area contributed by atoms with Gasteiger partial charge in [0.1, 0.15) is 5.75 Å². The first-order valence-corrected chi connectivity index (χ1v) is 9.39. The predicted molar refractivity (Wildman–Crippen MR) is 106 cm³/mol. The quantitative estimate of drug-likeness (QED) is 0.641. The number of benzene rings is 2. The van der Waals surface area contributed by atoms with Gasteiger partial charge in [-0.3, -0.25) is 0 Å². The topological polar surface area (TPSA) is 46.5 Å². The van der Waals surface area contributed by atoms with Crippen molar-refractivity contribution in [3.63, 3.8) is 0 Å². The van der Waals surface area contributed by atoms with E-state index < -0.39 is 11.6 Å². The first-order chi connectivity index (χ1) is 11.6. The smallest absolute Gasteiger partial charge is 0.347 e. The van der Waals surface area contributed by atoms with Crippen LogP contribution in [-0.2, 0) is 15.5 Å². The zero-order valence-electron chi connectivity index (χ0n) is 15.4. The Bertz CT molecular complexity index is 756. The summed E-state index contributed by atoms with van der Waals surface area (Å²) in [5.41, 5.74) is 2.88. The van der Waals surface area contributed by atoms with Gasteiger partial charge in [0.05, 0.1) is 0 Å². The van der Waals surface area contributed by atoms with E-state index in [4.69, 9.17) is 4.74 Å². The minimum absolute atomic E-state index is 0.200. The van der Waals surface area contributed by atoms with Gasteiger partial charge >= 0.3 is 5.97 Å². The van der Waals surface area contributed by atoms with E-state index >= 15 is 0 Å². The number of carboxylic acid groups (broad SMARTS) is 1. The summed E-state index contributed by atoms with van der Waals surface area (Å²) in [5.74, 6) is -0.374. The number of rotatable bonds is 5. The number of ether oxygens (including phenoxy) is 1. The molecule has 3 nitrogen and oxygen atoms in total. The number of carboxylic acids is 1. The zero-order valence-corrected chi connectivity index (χ0v) is 17.0. The van der Waals surface area contributed by atoms with Crippen molar-refractivity contribution in [3.8, 4) is 16.9 Å². The fourth-order valence-corrected chi connectivity index (χ4v) is 3.10. The molecule has 0 fully saturated rings. The Kier molecular flexibility index (Phi) is 5.62. The summed E-state index contributed by atoms with van der Waals surface area (Å²) in [5, 5.41) is 10.2. The van der Waals surface area contributed by atoms with E-state index in [1.165, 1.54) is 5.56 Å². The molecule has 2 aromatic rings. The summed E-state index contributed by atoms with van der Waals surface area (Å²) >= 11 is 3.47. The molecule has 0 amide bonds. The molecule has 0 heterocycles. The molecule has 134 valence electrons. The molecule has 2 rings (SSSR count). The molecule has 0 aliphatic rings. The zero-order chi connectivity index (χ0) is 18.8. The van der Waals surface area contributed by atoms with Gasteiger partial charge in [0.2, 0.25) is 0 Å². The Morgan fingerprint density at radius 2 is 1.64 bits per heavy atom. The number of hydrogen-bond donors (Lipinski definition) is 1. The fourth-order valence-electron chi connectivity index (χ4n) is 2.72. The van der Waals surface area contributed by atoms with Crippen LogP contribution in [0, 0.1) is 0 Å². The third kappa shape index (κ3) is 4.43. The first-order valence-electron chi connectivity index (χ1n) is 8.27. The average Bonchev–Trinajstić information content (AvgIpc) is 2.53. The monoisotopic (exact) mass is 404 g/mol. The number of aliphatic carboxylic acids is 1. The maximum absolute atomic E-state index is 11.5. The van der Waals surface area contributed by atoms with Crippen molar-refractivity contribution in [2.24, 2.45) is 0 Å². The third-order valence-corrected chi connectivity index (χ3v) is 4.72.